The van der Waals surface area contributed by atoms with Gasteiger partial charge >= 0.3 is 0 Å². The van der Waals surface area contributed by atoms with Gasteiger partial charge in [-0.25, -0.2) is 0 Å². The molecule has 1 atom stereocenters. The van der Waals surface area contributed by atoms with Crippen molar-refractivity contribution in [2.45, 2.75) is 31.6 Å². The van der Waals surface area contributed by atoms with Gasteiger partial charge in [0.05, 0.1) is 5.41 Å². The zero-order chi connectivity index (χ0) is 19.1. The molecule has 27 heavy (non-hydrogen) atoms. The van der Waals surface area contributed by atoms with Crippen LogP contribution in [-0.4, -0.2) is 5.12 Å². The molecule has 0 amide bonds. The maximum absolute atomic E-state index is 12.9. The summed E-state index contributed by atoms with van der Waals surface area (Å²) < 4.78 is 0. The van der Waals surface area contributed by atoms with Gasteiger partial charge in [-0.05, 0) is 23.1 Å². The molecule has 0 aliphatic heterocycles. The summed E-state index contributed by atoms with van der Waals surface area (Å²) in [7, 11) is 0. The number of rotatable bonds is 8. The average Bonchev–Trinajstić information content (AvgIpc) is 2.73. The molecule has 3 aromatic rings. The molecule has 0 spiro atoms. The Hall–Kier alpha value is -2.32. The minimum absolute atomic E-state index is 0.0555. The fraction of sp³-hybridized carbons (Fsp3) is 0.240. The van der Waals surface area contributed by atoms with Crippen LogP contribution >= 0.6 is 12.6 Å². The van der Waals surface area contributed by atoms with Crippen LogP contribution in [0.1, 0.15) is 42.9 Å². The number of hydrogen-bond acceptors (Lipinski definition) is 1. The van der Waals surface area contributed by atoms with Gasteiger partial charge in [0.1, 0.15) is 0 Å². The molecule has 0 N–H and O–H groups in total. The van der Waals surface area contributed by atoms with Crippen LogP contribution in [0.25, 0.3) is 0 Å². The molecule has 138 valence electrons. The Morgan fingerprint density at radius 2 is 1.15 bits per heavy atom. The van der Waals surface area contributed by atoms with E-state index in [-0.39, 0.29) is 11.0 Å². The number of carbonyl (C=O) groups is 1. The average molecular weight is 375 g/mol. The normalized spacial score (nSPS) is 12.5. The van der Waals surface area contributed by atoms with Gasteiger partial charge in [-0.1, -0.05) is 111 Å². The van der Waals surface area contributed by atoms with Crippen molar-refractivity contribution in [3.8, 4) is 0 Å². The standard InChI is InChI=1S/C25H26OS/c1-2-3-19-23(24(26)27)25(20-13-7-4-8-14-20,21-15-9-5-10-16-21)22-17-11-6-12-18-22/h4-18,23H,2-3,19H2,1H3,(H,26,27). The first-order chi connectivity index (χ1) is 13.2. The van der Waals surface area contributed by atoms with Crippen LogP contribution in [-0.2, 0) is 10.2 Å². The number of benzene rings is 3. The van der Waals surface area contributed by atoms with E-state index in [1.807, 2.05) is 18.2 Å². The van der Waals surface area contributed by atoms with E-state index in [0.29, 0.717) is 0 Å². The number of carbonyl (C=O) groups excluding carboxylic acids is 1. The van der Waals surface area contributed by atoms with E-state index < -0.39 is 5.41 Å². The van der Waals surface area contributed by atoms with Crippen LogP contribution in [0.5, 0.6) is 0 Å². The highest BCUT2D eigenvalue weighted by Crippen LogP contribution is 2.47. The van der Waals surface area contributed by atoms with Crippen molar-refractivity contribution in [2.24, 2.45) is 5.92 Å². The minimum atomic E-state index is -0.558. The third-order valence-electron chi connectivity index (χ3n) is 5.35. The molecule has 2 heteroatoms. The van der Waals surface area contributed by atoms with Crippen LogP contribution < -0.4 is 0 Å². The Balaban J connectivity index is 2.37. The molecular weight excluding hydrogens is 348 g/mol. The van der Waals surface area contributed by atoms with Gasteiger partial charge in [0.15, 0.2) is 5.12 Å². The largest absolute Gasteiger partial charge is 0.287 e. The molecular formula is C25H26OS. The fourth-order valence-electron chi connectivity index (χ4n) is 4.14. The summed E-state index contributed by atoms with van der Waals surface area (Å²) in [5, 5.41) is -0.0555. The Bertz CT molecular complexity index is 747. The van der Waals surface area contributed by atoms with Gasteiger partial charge in [0.2, 0.25) is 0 Å². The van der Waals surface area contributed by atoms with Gasteiger partial charge < -0.3 is 0 Å². The second-order valence-corrected chi connectivity index (χ2v) is 7.38. The van der Waals surface area contributed by atoms with E-state index in [1.54, 1.807) is 0 Å². The maximum atomic E-state index is 12.9. The van der Waals surface area contributed by atoms with Crippen LogP contribution in [0.3, 0.4) is 0 Å². The van der Waals surface area contributed by atoms with E-state index in [0.717, 1.165) is 36.0 Å². The zero-order valence-corrected chi connectivity index (χ0v) is 16.6. The Morgan fingerprint density at radius 1 is 0.778 bits per heavy atom. The first-order valence-electron chi connectivity index (χ1n) is 9.60. The lowest BCUT2D eigenvalue weighted by molar-refractivity contribution is -0.115. The highest BCUT2D eigenvalue weighted by molar-refractivity contribution is 7.96. The summed E-state index contributed by atoms with van der Waals surface area (Å²) in [5.41, 5.74) is 2.83. The lowest BCUT2D eigenvalue weighted by Crippen LogP contribution is -2.41. The van der Waals surface area contributed by atoms with Crippen LogP contribution in [0.2, 0.25) is 0 Å². The molecule has 0 saturated heterocycles. The van der Waals surface area contributed by atoms with Crippen molar-refractivity contribution in [1.82, 2.24) is 0 Å². The monoisotopic (exact) mass is 374 g/mol. The summed E-state index contributed by atoms with van der Waals surface area (Å²) in [6.07, 6.45) is 2.84. The van der Waals surface area contributed by atoms with E-state index >= 15 is 0 Å². The van der Waals surface area contributed by atoms with E-state index in [2.05, 4.69) is 92.3 Å². The van der Waals surface area contributed by atoms with Crippen molar-refractivity contribution in [3.05, 3.63) is 108 Å². The lowest BCUT2D eigenvalue weighted by Gasteiger charge is -2.41. The van der Waals surface area contributed by atoms with Crippen LogP contribution in [0.15, 0.2) is 91.0 Å². The molecule has 3 rings (SSSR count). The fourth-order valence-corrected chi connectivity index (χ4v) is 4.46. The third kappa shape index (κ3) is 3.86. The Kier molecular flexibility index (Phi) is 6.52. The molecule has 0 radical (unpaired) electrons. The molecule has 3 aromatic carbocycles. The second-order valence-electron chi connectivity index (χ2n) is 6.94. The van der Waals surface area contributed by atoms with Crippen molar-refractivity contribution in [3.63, 3.8) is 0 Å². The molecule has 0 saturated carbocycles. The highest BCUT2D eigenvalue weighted by atomic mass is 32.1. The van der Waals surface area contributed by atoms with Crippen molar-refractivity contribution >= 4 is 17.7 Å². The topological polar surface area (TPSA) is 17.1 Å². The molecule has 0 aliphatic carbocycles. The molecule has 0 bridgehead atoms. The summed E-state index contributed by atoms with van der Waals surface area (Å²) in [4.78, 5) is 12.9. The first kappa shape index (κ1) is 19.4. The SMILES string of the molecule is CCCCC(C(=O)S)C(c1ccccc1)(c1ccccc1)c1ccccc1. The van der Waals surface area contributed by atoms with Gasteiger partial charge in [-0.3, -0.25) is 4.79 Å². The Morgan fingerprint density at radius 3 is 1.44 bits per heavy atom. The summed E-state index contributed by atoms with van der Waals surface area (Å²) >= 11 is 4.37. The smallest absolute Gasteiger partial charge is 0.190 e. The quantitative estimate of drug-likeness (QED) is 0.362. The van der Waals surface area contributed by atoms with Gasteiger partial charge in [0, 0.05) is 5.92 Å². The van der Waals surface area contributed by atoms with Gasteiger partial charge in [0.25, 0.3) is 0 Å². The zero-order valence-electron chi connectivity index (χ0n) is 15.7. The van der Waals surface area contributed by atoms with Gasteiger partial charge in [-0.15, -0.1) is 12.6 Å². The van der Waals surface area contributed by atoms with Gasteiger partial charge in [-0.2, -0.15) is 0 Å². The minimum Gasteiger partial charge on any atom is -0.287 e. The summed E-state index contributed by atoms with van der Waals surface area (Å²) in [6.45, 7) is 2.16. The van der Waals surface area contributed by atoms with E-state index in [1.165, 1.54) is 0 Å². The molecule has 0 heterocycles. The Labute approximate surface area is 167 Å². The predicted molar refractivity (Wildman–Crippen MR) is 116 cm³/mol. The van der Waals surface area contributed by atoms with E-state index in [4.69, 9.17) is 0 Å². The molecule has 1 nitrogen and oxygen atoms in total. The van der Waals surface area contributed by atoms with Crippen LogP contribution in [0, 0.1) is 5.92 Å². The molecule has 0 aliphatic rings. The predicted octanol–water partition coefficient (Wildman–Crippen LogP) is 6.28. The highest BCUT2D eigenvalue weighted by Gasteiger charge is 2.45. The molecule has 0 fully saturated rings. The molecule has 1 unspecified atom stereocenters. The maximum Gasteiger partial charge on any atom is 0.190 e. The first-order valence-corrected chi connectivity index (χ1v) is 10.0. The van der Waals surface area contributed by atoms with Crippen molar-refractivity contribution in [1.29, 1.82) is 0 Å². The van der Waals surface area contributed by atoms with E-state index in [9.17, 15) is 4.79 Å². The number of hydrogen-bond donors (Lipinski definition) is 1. The third-order valence-corrected chi connectivity index (χ3v) is 5.67. The van der Waals surface area contributed by atoms with Crippen LogP contribution in [0.4, 0.5) is 0 Å². The number of unbranched alkanes of at least 4 members (excludes halogenated alkanes) is 1. The van der Waals surface area contributed by atoms with Crippen molar-refractivity contribution in [2.75, 3.05) is 0 Å². The molecule has 0 aromatic heterocycles. The lowest BCUT2D eigenvalue weighted by atomic mass is 9.61. The number of thiol groups is 1. The second kappa shape index (κ2) is 9.05. The summed E-state index contributed by atoms with van der Waals surface area (Å²) in [5.74, 6) is -0.243. The van der Waals surface area contributed by atoms with Crippen molar-refractivity contribution < 1.29 is 4.79 Å². The summed E-state index contributed by atoms with van der Waals surface area (Å²) in [6, 6.07) is 31.2.